The van der Waals surface area contributed by atoms with Gasteiger partial charge in [-0.3, -0.25) is 4.99 Å². The van der Waals surface area contributed by atoms with Crippen molar-refractivity contribution in [3.63, 3.8) is 0 Å². The van der Waals surface area contributed by atoms with Gasteiger partial charge in [0.05, 0.1) is 0 Å². The van der Waals surface area contributed by atoms with Crippen LogP contribution < -0.4 is 10.6 Å². The molecule has 0 rings (SSSR count). The number of hydrogen-bond donors (Lipinski definition) is 2. The SMILES string of the molecule is CCN(C)CCNC(=NC)NCC(C)(C)SC. The zero-order valence-electron chi connectivity index (χ0n) is 12.1. The molecule has 0 aromatic heterocycles. The molecule has 0 saturated heterocycles. The summed E-state index contributed by atoms with van der Waals surface area (Å²) in [6.07, 6.45) is 2.13. The molecule has 0 fully saturated rings. The van der Waals surface area contributed by atoms with Crippen molar-refractivity contribution in [1.29, 1.82) is 0 Å². The van der Waals surface area contributed by atoms with Gasteiger partial charge in [0.2, 0.25) is 0 Å². The number of nitrogens with one attached hydrogen (secondary N) is 2. The molecule has 0 aliphatic rings. The monoisotopic (exact) mass is 260 g/mol. The van der Waals surface area contributed by atoms with Gasteiger partial charge in [-0.1, -0.05) is 6.92 Å². The predicted octanol–water partition coefficient (Wildman–Crippen LogP) is 1.24. The first kappa shape index (κ1) is 16.6. The van der Waals surface area contributed by atoms with Crippen molar-refractivity contribution < 1.29 is 0 Å². The van der Waals surface area contributed by atoms with Crippen LogP contribution in [-0.4, -0.2) is 62.1 Å². The highest BCUT2D eigenvalue weighted by Crippen LogP contribution is 2.19. The lowest BCUT2D eigenvalue weighted by Gasteiger charge is -2.24. The fraction of sp³-hybridized carbons (Fsp3) is 0.917. The van der Waals surface area contributed by atoms with Crippen LogP contribution in [0.3, 0.4) is 0 Å². The van der Waals surface area contributed by atoms with E-state index in [9.17, 15) is 0 Å². The fourth-order valence-electron chi connectivity index (χ4n) is 1.11. The zero-order chi connectivity index (χ0) is 13.3. The molecule has 4 nitrogen and oxygen atoms in total. The van der Waals surface area contributed by atoms with Crippen LogP contribution in [0.25, 0.3) is 0 Å². The summed E-state index contributed by atoms with van der Waals surface area (Å²) in [5, 5.41) is 6.67. The number of aliphatic imine (C=N–C) groups is 1. The average molecular weight is 260 g/mol. The lowest BCUT2D eigenvalue weighted by atomic mass is 10.2. The summed E-state index contributed by atoms with van der Waals surface area (Å²) in [4.78, 5) is 6.48. The minimum Gasteiger partial charge on any atom is -0.355 e. The second-order valence-corrected chi connectivity index (χ2v) is 6.23. The van der Waals surface area contributed by atoms with Gasteiger partial charge in [-0.2, -0.15) is 11.8 Å². The van der Waals surface area contributed by atoms with Gasteiger partial charge >= 0.3 is 0 Å². The summed E-state index contributed by atoms with van der Waals surface area (Å²) in [6.45, 7) is 10.6. The van der Waals surface area contributed by atoms with Crippen LogP contribution in [0, 0.1) is 0 Å². The molecule has 17 heavy (non-hydrogen) atoms. The van der Waals surface area contributed by atoms with E-state index in [2.05, 4.69) is 54.6 Å². The average Bonchev–Trinajstić information content (AvgIpc) is 2.33. The summed E-state index contributed by atoms with van der Waals surface area (Å²) in [7, 11) is 3.93. The Morgan fingerprint density at radius 3 is 2.47 bits per heavy atom. The molecule has 0 heterocycles. The van der Waals surface area contributed by atoms with Crippen LogP contribution in [0.15, 0.2) is 4.99 Å². The summed E-state index contributed by atoms with van der Waals surface area (Å²) >= 11 is 1.86. The second-order valence-electron chi connectivity index (χ2n) is 4.71. The molecule has 0 bridgehead atoms. The third-order valence-corrected chi connectivity index (χ3v) is 4.03. The van der Waals surface area contributed by atoms with E-state index in [0.717, 1.165) is 32.1 Å². The molecule has 0 aromatic rings. The Labute approximate surface area is 111 Å². The normalized spacial score (nSPS) is 13.0. The summed E-state index contributed by atoms with van der Waals surface area (Å²) in [5.41, 5.74) is 0. The third-order valence-electron chi connectivity index (χ3n) is 2.78. The maximum absolute atomic E-state index is 4.21. The molecule has 0 atom stereocenters. The molecular weight excluding hydrogens is 232 g/mol. The molecule has 0 aromatic carbocycles. The summed E-state index contributed by atoms with van der Waals surface area (Å²) in [5.74, 6) is 0.886. The molecule has 0 aliphatic heterocycles. The first-order valence-electron chi connectivity index (χ1n) is 6.13. The van der Waals surface area contributed by atoms with Crippen LogP contribution in [0.1, 0.15) is 20.8 Å². The molecule has 0 radical (unpaired) electrons. The topological polar surface area (TPSA) is 39.7 Å². The van der Waals surface area contributed by atoms with Gasteiger partial charge in [0.1, 0.15) is 0 Å². The van der Waals surface area contributed by atoms with Gasteiger partial charge < -0.3 is 15.5 Å². The van der Waals surface area contributed by atoms with Gasteiger partial charge in [0.15, 0.2) is 5.96 Å². The quantitative estimate of drug-likeness (QED) is 0.534. The van der Waals surface area contributed by atoms with Crippen molar-refractivity contribution in [2.75, 3.05) is 46.5 Å². The maximum Gasteiger partial charge on any atom is 0.191 e. The van der Waals surface area contributed by atoms with Crippen LogP contribution in [-0.2, 0) is 0 Å². The molecule has 0 unspecified atom stereocenters. The van der Waals surface area contributed by atoms with E-state index >= 15 is 0 Å². The lowest BCUT2D eigenvalue weighted by Crippen LogP contribution is -2.45. The van der Waals surface area contributed by atoms with E-state index in [1.54, 1.807) is 0 Å². The Kier molecular flexibility index (Phi) is 8.43. The standard InChI is InChI=1S/C12H28N4S/c1-7-16(5)9-8-14-11(13-4)15-10-12(2,3)17-6/h7-10H2,1-6H3,(H2,13,14,15). The van der Waals surface area contributed by atoms with Gasteiger partial charge in [-0.05, 0) is 33.7 Å². The number of thioether (sulfide) groups is 1. The van der Waals surface area contributed by atoms with Gasteiger partial charge in [-0.25, -0.2) is 0 Å². The highest BCUT2D eigenvalue weighted by molar-refractivity contribution is 7.99. The third kappa shape index (κ3) is 8.32. The minimum atomic E-state index is 0.234. The Hall–Kier alpha value is -0.420. The maximum atomic E-state index is 4.21. The Morgan fingerprint density at radius 1 is 1.35 bits per heavy atom. The van der Waals surface area contributed by atoms with Crippen LogP contribution in [0.4, 0.5) is 0 Å². The number of guanidine groups is 1. The highest BCUT2D eigenvalue weighted by Gasteiger charge is 2.15. The Morgan fingerprint density at radius 2 is 2.00 bits per heavy atom. The molecule has 2 N–H and O–H groups in total. The van der Waals surface area contributed by atoms with Crippen molar-refractivity contribution in [2.24, 2.45) is 4.99 Å². The summed E-state index contributed by atoms with van der Waals surface area (Å²) in [6, 6.07) is 0. The van der Waals surface area contributed by atoms with Crippen molar-refractivity contribution in [2.45, 2.75) is 25.5 Å². The van der Waals surface area contributed by atoms with E-state index in [1.807, 2.05) is 18.8 Å². The fourth-order valence-corrected chi connectivity index (χ4v) is 1.33. The number of rotatable bonds is 7. The minimum absolute atomic E-state index is 0.234. The molecule has 0 aliphatic carbocycles. The number of likely N-dealkylation sites (N-methyl/N-ethyl adjacent to an activating group) is 1. The van der Waals surface area contributed by atoms with E-state index in [4.69, 9.17) is 0 Å². The van der Waals surface area contributed by atoms with Gasteiger partial charge in [0.25, 0.3) is 0 Å². The molecule has 0 saturated carbocycles. The molecular formula is C12H28N4S. The lowest BCUT2D eigenvalue weighted by molar-refractivity contribution is 0.357. The number of hydrogen-bond acceptors (Lipinski definition) is 3. The van der Waals surface area contributed by atoms with E-state index < -0.39 is 0 Å². The predicted molar refractivity (Wildman–Crippen MR) is 80.1 cm³/mol. The van der Waals surface area contributed by atoms with Crippen LogP contribution in [0.5, 0.6) is 0 Å². The van der Waals surface area contributed by atoms with Gasteiger partial charge in [-0.15, -0.1) is 0 Å². The smallest absolute Gasteiger partial charge is 0.191 e. The Bertz CT molecular complexity index is 229. The van der Waals surface area contributed by atoms with Crippen molar-refractivity contribution in [1.82, 2.24) is 15.5 Å². The zero-order valence-corrected chi connectivity index (χ0v) is 12.9. The number of nitrogens with zero attached hydrogens (tertiary/aromatic N) is 2. The van der Waals surface area contributed by atoms with E-state index in [-0.39, 0.29) is 4.75 Å². The van der Waals surface area contributed by atoms with E-state index in [0.29, 0.717) is 0 Å². The molecule has 5 heteroatoms. The molecule has 0 spiro atoms. The largest absolute Gasteiger partial charge is 0.355 e. The molecule has 0 amide bonds. The summed E-state index contributed by atoms with van der Waals surface area (Å²) < 4.78 is 0.234. The van der Waals surface area contributed by atoms with Gasteiger partial charge in [0, 0.05) is 31.4 Å². The second kappa shape index (κ2) is 8.64. The first-order valence-corrected chi connectivity index (χ1v) is 7.36. The van der Waals surface area contributed by atoms with Crippen molar-refractivity contribution in [3.8, 4) is 0 Å². The van der Waals surface area contributed by atoms with Crippen LogP contribution >= 0.6 is 11.8 Å². The highest BCUT2D eigenvalue weighted by atomic mass is 32.2. The van der Waals surface area contributed by atoms with Crippen LogP contribution in [0.2, 0.25) is 0 Å². The van der Waals surface area contributed by atoms with Crippen molar-refractivity contribution >= 4 is 17.7 Å². The Balaban J connectivity index is 3.86. The van der Waals surface area contributed by atoms with Crippen molar-refractivity contribution in [3.05, 3.63) is 0 Å². The first-order chi connectivity index (χ1) is 7.95. The van der Waals surface area contributed by atoms with E-state index in [1.165, 1.54) is 0 Å². The molecule has 102 valence electrons.